The van der Waals surface area contributed by atoms with E-state index in [1.807, 2.05) is 36.4 Å². The van der Waals surface area contributed by atoms with Gasteiger partial charge in [0.15, 0.2) is 0 Å². The molecule has 5 heteroatoms. The van der Waals surface area contributed by atoms with Crippen molar-refractivity contribution in [1.82, 2.24) is 9.97 Å². The number of nitrogens with zero attached hydrogens (tertiary/aromatic N) is 1. The third-order valence-corrected chi connectivity index (χ3v) is 3.73. The average molecular weight is 350 g/mol. The second-order valence-electron chi connectivity index (χ2n) is 4.99. The molecule has 0 aromatic carbocycles. The molecular formula is C12H19IN2O2. The van der Waals surface area contributed by atoms with Crippen molar-refractivity contribution in [2.45, 2.75) is 39.7 Å². The molecule has 0 spiro atoms. The van der Waals surface area contributed by atoms with Gasteiger partial charge in [-0.15, -0.1) is 0 Å². The second kappa shape index (κ2) is 5.48. The number of aromatic amines is 1. The Morgan fingerprint density at radius 2 is 2.06 bits per heavy atom. The topological polar surface area (TPSA) is 55.0 Å². The van der Waals surface area contributed by atoms with Gasteiger partial charge in [-0.1, -0.05) is 13.8 Å². The van der Waals surface area contributed by atoms with Gasteiger partial charge in [0.25, 0.3) is 5.56 Å². The van der Waals surface area contributed by atoms with Crippen LogP contribution >= 0.6 is 22.6 Å². The molecule has 0 radical (unpaired) electrons. The SMILES string of the molecule is COC(C)(C)c1nc(CC(C)C)c(I)c(=O)[nH]1. The molecule has 0 aliphatic rings. The Morgan fingerprint density at radius 3 is 2.53 bits per heavy atom. The van der Waals surface area contributed by atoms with Crippen molar-refractivity contribution in [3.05, 3.63) is 25.4 Å². The molecular weight excluding hydrogens is 331 g/mol. The molecule has 96 valence electrons. The third-order valence-electron chi connectivity index (χ3n) is 2.61. The predicted molar refractivity (Wildman–Crippen MR) is 76.2 cm³/mol. The molecule has 0 bridgehead atoms. The largest absolute Gasteiger partial charge is 0.371 e. The van der Waals surface area contributed by atoms with Crippen LogP contribution in [0.1, 0.15) is 39.2 Å². The molecule has 1 aromatic heterocycles. The molecule has 1 heterocycles. The van der Waals surface area contributed by atoms with Crippen molar-refractivity contribution in [3.63, 3.8) is 0 Å². The normalized spacial score (nSPS) is 12.2. The summed E-state index contributed by atoms with van der Waals surface area (Å²) in [5, 5.41) is 0. The molecule has 0 aliphatic heterocycles. The van der Waals surface area contributed by atoms with E-state index in [9.17, 15) is 4.79 Å². The number of H-pyrrole nitrogens is 1. The quantitative estimate of drug-likeness (QED) is 0.849. The summed E-state index contributed by atoms with van der Waals surface area (Å²) in [6, 6.07) is 0. The van der Waals surface area contributed by atoms with Gasteiger partial charge >= 0.3 is 0 Å². The van der Waals surface area contributed by atoms with E-state index in [1.54, 1.807) is 7.11 Å². The molecule has 17 heavy (non-hydrogen) atoms. The van der Waals surface area contributed by atoms with E-state index >= 15 is 0 Å². The highest BCUT2D eigenvalue weighted by Gasteiger charge is 2.24. The van der Waals surface area contributed by atoms with Gasteiger partial charge in [0, 0.05) is 7.11 Å². The number of hydrogen-bond acceptors (Lipinski definition) is 3. The predicted octanol–water partition coefficient (Wildman–Crippen LogP) is 2.45. The van der Waals surface area contributed by atoms with Crippen molar-refractivity contribution >= 4 is 22.6 Å². The van der Waals surface area contributed by atoms with Gasteiger partial charge in [0.1, 0.15) is 11.4 Å². The minimum atomic E-state index is -0.574. The first-order valence-electron chi connectivity index (χ1n) is 5.62. The summed E-state index contributed by atoms with van der Waals surface area (Å²) < 4.78 is 6.02. The van der Waals surface area contributed by atoms with Crippen LogP contribution in [0.2, 0.25) is 0 Å². The molecule has 1 rings (SSSR count). The van der Waals surface area contributed by atoms with Crippen LogP contribution in [-0.2, 0) is 16.8 Å². The smallest absolute Gasteiger partial charge is 0.264 e. The summed E-state index contributed by atoms with van der Waals surface area (Å²) in [5.74, 6) is 1.05. The van der Waals surface area contributed by atoms with Gasteiger partial charge in [-0.3, -0.25) is 4.79 Å². The van der Waals surface area contributed by atoms with E-state index < -0.39 is 5.60 Å². The lowest BCUT2D eigenvalue weighted by atomic mass is 10.1. The van der Waals surface area contributed by atoms with Gasteiger partial charge in [0.2, 0.25) is 0 Å². The second-order valence-corrected chi connectivity index (χ2v) is 6.07. The first kappa shape index (κ1) is 14.6. The van der Waals surface area contributed by atoms with Crippen LogP contribution in [0.25, 0.3) is 0 Å². The summed E-state index contributed by atoms with van der Waals surface area (Å²) in [5.41, 5.74) is 0.190. The molecule has 4 nitrogen and oxygen atoms in total. The van der Waals surface area contributed by atoms with E-state index in [0.717, 1.165) is 12.1 Å². The van der Waals surface area contributed by atoms with Crippen LogP contribution in [0.3, 0.4) is 0 Å². The average Bonchev–Trinajstić information content (AvgIpc) is 2.23. The van der Waals surface area contributed by atoms with E-state index in [0.29, 0.717) is 15.3 Å². The molecule has 0 aliphatic carbocycles. The Labute approximate surface area is 115 Å². The highest BCUT2D eigenvalue weighted by Crippen LogP contribution is 2.20. The highest BCUT2D eigenvalue weighted by atomic mass is 127. The number of hydrogen-bond donors (Lipinski definition) is 1. The van der Waals surface area contributed by atoms with Crippen molar-refractivity contribution in [1.29, 1.82) is 0 Å². The van der Waals surface area contributed by atoms with Gasteiger partial charge in [-0.2, -0.15) is 0 Å². The number of ether oxygens (including phenoxy) is 1. The summed E-state index contributed by atoms with van der Waals surface area (Å²) >= 11 is 2.05. The zero-order chi connectivity index (χ0) is 13.2. The van der Waals surface area contributed by atoms with Crippen LogP contribution in [0, 0.1) is 9.49 Å². The molecule has 1 N–H and O–H groups in total. The number of aromatic nitrogens is 2. The summed E-state index contributed by atoms with van der Waals surface area (Å²) in [6.45, 7) is 7.99. The monoisotopic (exact) mass is 350 g/mol. The molecule has 0 fully saturated rings. The number of nitrogens with one attached hydrogen (secondary N) is 1. The molecule has 0 atom stereocenters. The fraction of sp³-hybridized carbons (Fsp3) is 0.667. The van der Waals surface area contributed by atoms with E-state index in [-0.39, 0.29) is 5.56 Å². The summed E-state index contributed by atoms with van der Waals surface area (Å²) in [7, 11) is 1.61. The summed E-state index contributed by atoms with van der Waals surface area (Å²) in [4.78, 5) is 19.2. The van der Waals surface area contributed by atoms with E-state index in [4.69, 9.17) is 4.74 Å². The van der Waals surface area contributed by atoms with Crippen LogP contribution < -0.4 is 5.56 Å². The summed E-state index contributed by atoms with van der Waals surface area (Å²) in [6.07, 6.45) is 0.801. The maximum Gasteiger partial charge on any atom is 0.264 e. The Morgan fingerprint density at radius 1 is 1.47 bits per heavy atom. The van der Waals surface area contributed by atoms with Gasteiger partial charge < -0.3 is 9.72 Å². The standard InChI is InChI=1S/C12H19IN2O2/c1-7(2)6-8-9(13)10(16)15-11(14-8)12(3,4)17-5/h7H,6H2,1-5H3,(H,14,15,16). The molecule has 0 saturated carbocycles. The number of rotatable bonds is 4. The molecule has 0 saturated heterocycles. The zero-order valence-corrected chi connectivity index (χ0v) is 13.1. The fourth-order valence-electron chi connectivity index (χ4n) is 1.41. The van der Waals surface area contributed by atoms with Crippen molar-refractivity contribution in [3.8, 4) is 0 Å². The first-order chi connectivity index (χ1) is 7.77. The van der Waals surface area contributed by atoms with Crippen LogP contribution in [0.5, 0.6) is 0 Å². The molecule has 1 aromatic rings. The maximum absolute atomic E-state index is 11.8. The lowest BCUT2D eigenvalue weighted by molar-refractivity contribution is 0.0110. The minimum Gasteiger partial charge on any atom is -0.371 e. The van der Waals surface area contributed by atoms with Crippen LogP contribution in [-0.4, -0.2) is 17.1 Å². The first-order valence-corrected chi connectivity index (χ1v) is 6.70. The Kier molecular flexibility index (Phi) is 4.71. The highest BCUT2D eigenvalue weighted by molar-refractivity contribution is 14.1. The number of methoxy groups -OCH3 is 1. The zero-order valence-electron chi connectivity index (χ0n) is 10.9. The maximum atomic E-state index is 11.8. The lowest BCUT2D eigenvalue weighted by Crippen LogP contribution is -2.29. The molecule has 0 unspecified atom stereocenters. The third kappa shape index (κ3) is 3.51. The van der Waals surface area contributed by atoms with E-state index in [1.165, 1.54) is 0 Å². The van der Waals surface area contributed by atoms with Crippen molar-refractivity contribution < 1.29 is 4.74 Å². The number of halogens is 1. The minimum absolute atomic E-state index is 0.0867. The van der Waals surface area contributed by atoms with E-state index in [2.05, 4.69) is 23.8 Å². The Bertz CT molecular complexity index is 452. The Balaban J connectivity index is 3.29. The van der Waals surface area contributed by atoms with Gasteiger partial charge in [0.05, 0.1) is 9.26 Å². The Hall–Kier alpha value is -0.430. The lowest BCUT2D eigenvalue weighted by Gasteiger charge is -2.22. The fourth-order valence-corrected chi connectivity index (χ4v) is 1.88. The van der Waals surface area contributed by atoms with Crippen LogP contribution in [0.4, 0.5) is 0 Å². The van der Waals surface area contributed by atoms with Crippen LogP contribution in [0.15, 0.2) is 4.79 Å². The van der Waals surface area contributed by atoms with Gasteiger partial charge in [-0.05, 0) is 48.8 Å². The van der Waals surface area contributed by atoms with Crippen molar-refractivity contribution in [2.75, 3.05) is 7.11 Å². The van der Waals surface area contributed by atoms with Gasteiger partial charge in [-0.25, -0.2) is 4.98 Å². The van der Waals surface area contributed by atoms with Crippen molar-refractivity contribution in [2.24, 2.45) is 5.92 Å². The molecule has 0 amide bonds.